The topological polar surface area (TPSA) is 84.2 Å². The lowest BCUT2D eigenvalue weighted by Gasteiger charge is -2.14. The second-order valence-corrected chi connectivity index (χ2v) is 5.96. The van der Waals surface area contributed by atoms with E-state index in [2.05, 4.69) is 10.4 Å². The summed E-state index contributed by atoms with van der Waals surface area (Å²) in [6.45, 7) is 0. The lowest BCUT2D eigenvalue weighted by Crippen LogP contribution is -2.20. The molecular weight excluding hydrogens is 318 g/mol. The Hall–Kier alpha value is -2.34. The molecule has 0 saturated heterocycles. The van der Waals surface area contributed by atoms with Gasteiger partial charge in [0.05, 0.1) is 16.6 Å². The predicted molar refractivity (Wildman–Crippen MR) is 86.1 cm³/mol. The number of hydrogen-bond acceptors (Lipinski definition) is 3. The Morgan fingerprint density at radius 3 is 2.70 bits per heavy atom. The Morgan fingerprint density at radius 2 is 2.00 bits per heavy atom. The van der Waals surface area contributed by atoms with Crippen LogP contribution in [-0.2, 0) is 0 Å². The van der Waals surface area contributed by atoms with Crippen LogP contribution in [-0.4, -0.2) is 26.8 Å². The summed E-state index contributed by atoms with van der Waals surface area (Å²) in [6, 6.07) is 6.30. The number of rotatable bonds is 4. The van der Waals surface area contributed by atoms with Crippen molar-refractivity contribution >= 4 is 29.2 Å². The number of carboxylic acids is 1. The second-order valence-electron chi connectivity index (χ2n) is 5.55. The molecule has 3 rings (SSSR count). The molecule has 1 aromatic carbocycles. The number of aromatic nitrogens is 2. The van der Waals surface area contributed by atoms with Crippen LogP contribution in [0.5, 0.6) is 0 Å². The van der Waals surface area contributed by atoms with Gasteiger partial charge in [0.2, 0.25) is 0 Å². The average molecular weight is 334 g/mol. The molecule has 120 valence electrons. The molecule has 23 heavy (non-hydrogen) atoms. The third-order valence-corrected chi connectivity index (χ3v) is 4.36. The fourth-order valence-electron chi connectivity index (χ4n) is 2.90. The molecule has 1 saturated carbocycles. The monoisotopic (exact) mass is 333 g/mol. The highest BCUT2D eigenvalue weighted by Gasteiger charge is 2.23. The van der Waals surface area contributed by atoms with E-state index in [1.807, 2.05) is 0 Å². The number of nitrogens with zero attached hydrogens (tertiary/aromatic N) is 2. The minimum Gasteiger partial charge on any atom is -0.478 e. The van der Waals surface area contributed by atoms with E-state index in [9.17, 15) is 9.59 Å². The molecule has 2 N–H and O–H groups in total. The maximum absolute atomic E-state index is 12.5. The Kier molecular flexibility index (Phi) is 4.34. The normalized spacial score (nSPS) is 14.8. The lowest BCUT2D eigenvalue weighted by molar-refractivity contribution is 0.0696. The van der Waals surface area contributed by atoms with Crippen LogP contribution in [0.15, 0.2) is 30.5 Å². The molecule has 0 bridgehead atoms. The van der Waals surface area contributed by atoms with E-state index in [0.29, 0.717) is 11.4 Å². The highest BCUT2D eigenvalue weighted by Crippen LogP contribution is 2.30. The zero-order valence-electron chi connectivity index (χ0n) is 12.3. The van der Waals surface area contributed by atoms with E-state index in [4.69, 9.17) is 16.7 Å². The Bertz CT molecular complexity index is 751. The molecular formula is C16H16ClN3O3. The number of carbonyl (C=O) groups excluding carboxylic acids is 1. The van der Waals surface area contributed by atoms with E-state index in [1.54, 1.807) is 23.0 Å². The molecule has 7 heteroatoms. The van der Waals surface area contributed by atoms with E-state index in [-0.39, 0.29) is 22.5 Å². The van der Waals surface area contributed by atoms with Crippen LogP contribution in [0, 0.1) is 0 Å². The number of aromatic carboxylic acids is 1. The molecule has 0 atom stereocenters. The SMILES string of the molecule is O=C(O)c1cc(NC(=O)c2ccnn2C2CCCC2)ccc1Cl. The highest BCUT2D eigenvalue weighted by atomic mass is 35.5. The molecule has 0 radical (unpaired) electrons. The molecule has 1 heterocycles. The van der Waals surface area contributed by atoms with Crippen molar-refractivity contribution in [1.82, 2.24) is 9.78 Å². The zero-order chi connectivity index (χ0) is 16.4. The first-order chi connectivity index (χ1) is 11.1. The van der Waals surface area contributed by atoms with E-state index >= 15 is 0 Å². The van der Waals surface area contributed by atoms with Crippen LogP contribution >= 0.6 is 11.6 Å². The van der Waals surface area contributed by atoms with Gasteiger partial charge in [-0.2, -0.15) is 5.10 Å². The summed E-state index contributed by atoms with van der Waals surface area (Å²) >= 11 is 5.83. The first-order valence-electron chi connectivity index (χ1n) is 7.44. The molecule has 1 fully saturated rings. The van der Waals surface area contributed by atoms with Gasteiger partial charge in [0, 0.05) is 11.9 Å². The largest absolute Gasteiger partial charge is 0.478 e. The summed E-state index contributed by atoms with van der Waals surface area (Å²) in [5.41, 5.74) is 0.813. The highest BCUT2D eigenvalue weighted by molar-refractivity contribution is 6.33. The fraction of sp³-hybridized carbons (Fsp3) is 0.312. The van der Waals surface area contributed by atoms with Crippen LogP contribution < -0.4 is 5.32 Å². The van der Waals surface area contributed by atoms with Crippen molar-refractivity contribution in [3.05, 3.63) is 46.7 Å². The molecule has 6 nitrogen and oxygen atoms in total. The van der Waals surface area contributed by atoms with Gasteiger partial charge in [-0.05, 0) is 37.1 Å². The average Bonchev–Trinajstić information content (AvgIpc) is 3.19. The van der Waals surface area contributed by atoms with Gasteiger partial charge in [0.1, 0.15) is 5.69 Å². The minimum absolute atomic E-state index is 0.0474. The Morgan fingerprint density at radius 1 is 1.26 bits per heavy atom. The van der Waals surface area contributed by atoms with Crippen molar-refractivity contribution in [3.63, 3.8) is 0 Å². The van der Waals surface area contributed by atoms with Gasteiger partial charge in [0.25, 0.3) is 5.91 Å². The molecule has 1 amide bonds. The number of anilines is 1. The minimum atomic E-state index is -1.14. The van der Waals surface area contributed by atoms with Gasteiger partial charge >= 0.3 is 5.97 Å². The van der Waals surface area contributed by atoms with Gasteiger partial charge in [0.15, 0.2) is 0 Å². The summed E-state index contributed by atoms with van der Waals surface area (Å²) < 4.78 is 1.76. The summed E-state index contributed by atoms with van der Waals surface area (Å²) in [6.07, 6.45) is 5.94. The van der Waals surface area contributed by atoms with Gasteiger partial charge < -0.3 is 10.4 Å². The fourth-order valence-corrected chi connectivity index (χ4v) is 3.09. The number of halogens is 1. The zero-order valence-corrected chi connectivity index (χ0v) is 13.1. The summed E-state index contributed by atoms with van der Waals surface area (Å²) in [5, 5.41) is 16.2. The number of amides is 1. The number of benzene rings is 1. The first-order valence-corrected chi connectivity index (χ1v) is 7.82. The third kappa shape index (κ3) is 3.22. The van der Waals surface area contributed by atoms with Crippen LogP contribution in [0.1, 0.15) is 52.6 Å². The van der Waals surface area contributed by atoms with E-state index < -0.39 is 5.97 Å². The maximum Gasteiger partial charge on any atom is 0.337 e. The van der Waals surface area contributed by atoms with Crippen molar-refractivity contribution in [2.24, 2.45) is 0 Å². The Labute approximate surface area is 138 Å². The molecule has 0 spiro atoms. The number of nitrogens with one attached hydrogen (secondary N) is 1. The number of carbonyl (C=O) groups is 2. The van der Waals surface area contributed by atoms with Crippen molar-refractivity contribution in [2.75, 3.05) is 5.32 Å². The maximum atomic E-state index is 12.5. The van der Waals surface area contributed by atoms with Crippen LogP contribution in [0.3, 0.4) is 0 Å². The van der Waals surface area contributed by atoms with Crippen LogP contribution in [0.25, 0.3) is 0 Å². The van der Waals surface area contributed by atoms with Crippen LogP contribution in [0.4, 0.5) is 5.69 Å². The predicted octanol–water partition coefficient (Wildman–Crippen LogP) is 3.60. The van der Waals surface area contributed by atoms with Crippen molar-refractivity contribution in [3.8, 4) is 0 Å². The molecule has 1 aliphatic carbocycles. The van der Waals surface area contributed by atoms with Crippen molar-refractivity contribution < 1.29 is 14.7 Å². The quantitative estimate of drug-likeness (QED) is 0.895. The summed E-state index contributed by atoms with van der Waals surface area (Å²) in [5.74, 6) is -1.45. The standard InChI is InChI=1S/C16H16ClN3O3/c17-13-6-5-10(9-12(13)16(22)23)19-15(21)14-7-8-18-20(14)11-3-1-2-4-11/h5-9,11H,1-4H2,(H,19,21)(H,22,23). The summed E-state index contributed by atoms with van der Waals surface area (Å²) in [7, 11) is 0. The number of carboxylic acid groups (broad SMARTS) is 1. The molecule has 1 aliphatic rings. The molecule has 1 aromatic heterocycles. The third-order valence-electron chi connectivity index (χ3n) is 4.03. The Balaban J connectivity index is 1.81. The van der Waals surface area contributed by atoms with Gasteiger partial charge in [-0.25, -0.2) is 4.79 Å². The molecule has 2 aromatic rings. The van der Waals surface area contributed by atoms with Gasteiger partial charge in [-0.1, -0.05) is 24.4 Å². The van der Waals surface area contributed by atoms with Crippen LogP contribution in [0.2, 0.25) is 5.02 Å². The molecule has 0 unspecified atom stereocenters. The summed E-state index contributed by atoms with van der Waals surface area (Å²) in [4.78, 5) is 23.6. The van der Waals surface area contributed by atoms with Gasteiger partial charge in [-0.15, -0.1) is 0 Å². The van der Waals surface area contributed by atoms with Gasteiger partial charge in [-0.3, -0.25) is 9.48 Å². The van der Waals surface area contributed by atoms with Crippen molar-refractivity contribution in [1.29, 1.82) is 0 Å². The number of hydrogen-bond donors (Lipinski definition) is 2. The van der Waals surface area contributed by atoms with E-state index in [1.165, 1.54) is 12.1 Å². The smallest absolute Gasteiger partial charge is 0.337 e. The second kappa shape index (κ2) is 6.42. The van der Waals surface area contributed by atoms with E-state index in [0.717, 1.165) is 25.7 Å². The molecule has 0 aliphatic heterocycles. The first kappa shape index (κ1) is 15.6. The lowest BCUT2D eigenvalue weighted by atomic mass is 10.2. The van der Waals surface area contributed by atoms with Crippen molar-refractivity contribution in [2.45, 2.75) is 31.7 Å².